The summed E-state index contributed by atoms with van der Waals surface area (Å²) in [6, 6.07) is 10.4. The van der Waals surface area contributed by atoms with Crippen LogP contribution in [0.3, 0.4) is 0 Å². The molecule has 1 aliphatic carbocycles. The number of aromatic nitrogens is 3. The Hall–Kier alpha value is -4.40. The zero-order valence-electron chi connectivity index (χ0n) is 24.4. The van der Waals surface area contributed by atoms with Crippen molar-refractivity contribution in [1.29, 1.82) is 0 Å². The maximum absolute atomic E-state index is 14.2. The van der Waals surface area contributed by atoms with Crippen LogP contribution in [0, 0.1) is 6.92 Å². The number of ether oxygens (including phenoxy) is 2. The number of anilines is 2. The number of ketones is 1. The van der Waals surface area contributed by atoms with Gasteiger partial charge in [-0.2, -0.15) is 10.0 Å². The van der Waals surface area contributed by atoms with Crippen molar-refractivity contribution in [3.63, 3.8) is 0 Å². The molecule has 45 heavy (non-hydrogen) atoms. The van der Waals surface area contributed by atoms with Gasteiger partial charge in [0.15, 0.2) is 12.3 Å². The van der Waals surface area contributed by atoms with E-state index < -0.39 is 25.2 Å². The SMILES string of the molecule is CSN1CC(Nc2cc3[nH]c(C(=O)c4cnn(-c5ccc(OC6C=CC=CC6F)cc5C)c4N)cc3cc2OCC(F)OF)C1. The fourth-order valence-corrected chi connectivity index (χ4v) is 5.88. The first kappa shape index (κ1) is 30.6. The first-order valence-electron chi connectivity index (χ1n) is 14.2. The fraction of sp³-hybridized carbons (Fsp3) is 0.290. The molecule has 3 heterocycles. The Morgan fingerprint density at radius 2 is 2.02 bits per heavy atom. The minimum atomic E-state index is -2.24. The van der Waals surface area contributed by atoms with Crippen LogP contribution in [0.15, 0.2) is 66.9 Å². The summed E-state index contributed by atoms with van der Waals surface area (Å²) in [7, 11) is 0. The number of nitrogens with two attached hydrogens (primary N) is 1. The van der Waals surface area contributed by atoms with Gasteiger partial charge in [-0.15, -0.1) is 0 Å². The minimum absolute atomic E-state index is 0.128. The number of nitrogens with zero attached hydrogens (tertiary/aromatic N) is 3. The molecule has 14 heteroatoms. The van der Waals surface area contributed by atoms with Crippen molar-refractivity contribution in [2.24, 2.45) is 0 Å². The van der Waals surface area contributed by atoms with Gasteiger partial charge in [-0.05, 0) is 71.8 Å². The number of carbonyl (C=O) groups excluding carboxylic acids is 1. The summed E-state index contributed by atoms with van der Waals surface area (Å²) in [5.41, 5.74) is 9.44. The van der Waals surface area contributed by atoms with E-state index in [9.17, 15) is 18.1 Å². The summed E-state index contributed by atoms with van der Waals surface area (Å²) in [6.07, 6.45) is 5.64. The van der Waals surface area contributed by atoms with Crippen LogP contribution in [0.5, 0.6) is 11.5 Å². The third kappa shape index (κ3) is 6.39. The lowest BCUT2D eigenvalue weighted by Crippen LogP contribution is -2.50. The van der Waals surface area contributed by atoms with Gasteiger partial charge in [-0.3, -0.25) is 4.79 Å². The molecule has 1 fully saturated rings. The standard InChI is InChI=1S/C31H31F3N6O4S/c1-17-9-20(43-27-6-4-3-5-22(27)32)7-8-26(17)40-31(35)21(13-36-40)30(41)25-10-18-11-28(42-16-29(33)44-34)24(12-23(18)38-25)37-19-14-39(15-19)45-2/h3-13,19,22,27,29,37-38H,14-16,35H2,1-2H3. The lowest BCUT2D eigenvalue weighted by atomic mass is 10.1. The quantitative estimate of drug-likeness (QED) is 0.134. The maximum Gasteiger partial charge on any atom is 0.270 e. The van der Waals surface area contributed by atoms with Crippen molar-refractivity contribution in [1.82, 2.24) is 19.1 Å². The number of nitrogen functional groups attached to an aromatic ring is 1. The van der Waals surface area contributed by atoms with Gasteiger partial charge in [0.25, 0.3) is 6.36 Å². The third-order valence-corrected chi connectivity index (χ3v) is 8.45. The van der Waals surface area contributed by atoms with Crippen molar-refractivity contribution in [2.45, 2.75) is 31.6 Å². The number of H-pyrrole nitrogens is 1. The molecule has 1 aliphatic heterocycles. The van der Waals surface area contributed by atoms with Crippen LogP contribution in [-0.2, 0) is 4.94 Å². The number of benzene rings is 2. The number of aryl methyl sites for hydroxylation is 1. The fourth-order valence-electron chi connectivity index (χ4n) is 5.22. The largest absolute Gasteiger partial charge is 0.486 e. The molecule has 1 saturated heterocycles. The van der Waals surface area contributed by atoms with Crippen LogP contribution in [0.25, 0.3) is 16.6 Å². The van der Waals surface area contributed by atoms with E-state index in [0.717, 1.165) is 18.7 Å². The van der Waals surface area contributed by atoms with E-state index in [2.05, 4.69) is 24.6 Å². The molecule has 4 N–H and O–H groups in total. The van der Waals surface area contributed by atoms with Crippen molar-refractivity contribution < 1.29 is 32.5 Å². The molecule has 3 atom stereocenters. The molecule has 0 bridgehead atoms. The van der Waals surface area contributed by atoms with Gasteiger partial charge in [0.1, 0.15) is 23.9 Å². The van der Waals surface area contributed by atoms with Crippen LogP contribution in [-0.4, -0.2) is 75.5 Å². The number of fused-ring (bicyclic) bond motifs is 1. The summed E-state index contributed by atoms with van der Waals surface area (Å²) in [6.45, 7) is 2.77. The molecular formula is C31H31F3N6O4S. The van der Waals surface area contributed by atoms with Gasteiger partial charge in [-0.25, -0.2) is 17.8 Å². The van der Waals surface area contributed by atoms with Crippen LogP contribution in [0.4, 0.5) is 24.8 Å². The molecule has 236 valence electrons. The van der Waals surface area contributed by atoms with E-state index in [4.69, 9.17) is 15.2 Å². The molecular weight excluding hydrogens is 609 g/mol. The third-order valence-electron chi connectivity index (χ3n) is 7.64. The lowest BCUT2D eigenvalue weighted by molar-refractivity contribution is -0.233. The van der Waals surface area contributed by atoms with Crippen LogP contribution in [0.1, 0.15) is 21.6 Å². The van der Waals surface area contributed by atoms with Gasteiger partial charge in [0, 0.05) is 24.0 Å². The van der Waals surface area contributed by atoms with E-state index in [-0.39, 0.29) is 34.6 Å². The molecule has 2 aromatic heterocycles. The molecule has 3 unspecified atom stereocenters. The molecule has 0 radical (unpaired) electrons. The van der Waals surface area contributed by atoms with Gasteiger partial charge in [0.2, 0.25) is 5.78 Å². The number of hydrogen-bond acceptors (Lipinski definition) is 9. The number of rotatable bonds is 12. The summed E-state index contributed by atoms with van der Waals surface area (Å²) in [4.78, 5) is 19.9. The first-order chi connectivity index (χ1) is 21.7. The number of halogens is 3. The van der Waals surface area contributed by atoms with Crippen LogP contribution < -0.4 is 20.5 Å². The summed E-state index contributed by atoms with van der Waals surface area (Å²) in [5, 5.41) is 8.35. The van der Waals surface area contributed by atoms with Crippen LogP contribution in [0.2, 0.25) is 0 Å². The Bertz CT molecular complexity index is 1770. The number of aromatic amines is 1. The summed E-state index contributed by atoms with van der Waals surface area (Å²) in [5.74, 6) is 0.518. The Labute approximate surface area is 261 Å². The number of hydrogen-bond donors (Lipinski definition) is 3. The highest BCUT2D eigenvalue weighted by Crippen LogP contribution is 2.34. The van der Waals surface area contributed by atoms with E-state index in [1.165, 1.54) is 17.0 Å². The Balaban J connectivity index is 1.23. The van der Waals surface area contributed by atoms with Crippen molar-refractivity contribution in [2.75, 3.05) is 37.0 Å². The zero-order valence-corrected chi connectivity index (χ0v) is 25.2. The average molecular weight is 641 g/mol. The lowest BCUT2D eigenvalue weighted by Gasteiger charge is -2.38. The molecule has 2 aromatic carbocycles. The van der Waals surface area contributed by atoms with Gasteiger partial charge in [0.05, 0.1) is 34.9 Å². The Morgan fingerprint density at radius 1 is 1.22 bits per heavy atom. The zero-order chi connectivity index (χ0) is 31.7. The smallest absolute Gasteiger partial charge is 0.270 e. The number of carbonyl (C=O) groups is 1. The minimum Gasteiger partial charge on any atom is -0.486 e. The van der Waals surface area contributed by atoms with Crippen LogP contribution >= 0.6 is 11.9 Å². The second-order valence-corrected chi connectivity index (χ2v) is 11.6. The monoisotopic (exact) mass is 640 g/mol. The molecule has 0 amide bonds. The van der Waals surface area contributed by atoms with E-state index >= 15 is 0 Å². The second kappa shape index (κ2) is 12.9. The molecule has 4 aromatic rings. The van der Waals surface area contributed by atoms with E-state index in [0.29, 0.717) is 28.0 Å². The molecule has 10 nitrogen and oxygen atoms in total. The predicted molar refractivity (Wildman–Crippen MR) is 167 cm³/mol. The van der Waals surface area contributed by atoms with Gasteiger partial charge < -0.3 is 25.5 Å². The summed E-state index contributed by atoms with van der Waals surface area (Å²) < 4.78 is 54.8. The second-order valence-electron chi connectivity index (χ2n) is 10.7. The van der Waals surface area contributed by atoms with Crippen molar-refractivity contribution in [3.05, 3.63) is 83.7 Å². The molecule has 0 spiro atoms. The highest BCUT2D eigenvalue weighted by molar-refractivity contribution is 7.96. The summed E-state index contributed by atoms with van der Waals surface area (Å²) >= 11 is 1.63. The van der Waals surface area contributed by atoms with Gasteiger partial charge >= 0.3 is 0 Å². The normalized spacial score (nSPS) is 19.0. The van der Waals surface area contributed by atoms with E-state index in [1.54, 1.807) is 66.6 Å². The van der Waals surface area contributed by atoms with Gasteiger partial charge in [-0.1, -0.05) is 24.1 Å². The van der Waals surface area contributed by atoms with Crippen molar-refractivity contribution >= 4 is 40.1 Å². The molecule has 6 rings (SSSR count). The topological polar surface area (TPSA) is 120 Å². The highest BCUT2D eigenvalue weighted by Gasteiger charge is 2.28. The molecule has 2 aliphatic rings. The maximum atomic E-state index is 14.2. The van der Waals surface area contributed by atoms with E-state index in [1.807, 2.05) is 13.2 Å². The average Bonchev–Trinajstić information content (AvgIpc) is 3.61. The Kier molecular flexibility index (Phi) is 8.79. The number of nitrogens with one attached hydrogen (secondary N) is 2. The highest BCUT2D eigenvalue weighted by atomic mass is 32.2. The Morgan fingerprint density at radius 3 is 2.76 bits per heavy atom. The number of alkyl halides is 2. The number of allylic oxidation sites excluding steroid dienone is 2. The molecule has 0 saturated carbocycles. The first-order valence-corrected chi connectivity index (χ1v) is 15.3. The van der Waals surface area contributed by atoms with Crippen molar-refractivity contribution in [3.8, 4) is 17.2 Å². The predicted octanol–water partition coefficient (Wildman–Crippen LogP) is 5.64.